The molecule has 1 heterocycles. The molecule has 4 nitrogen and oxygen atoms in total. The van der Waals surface area contributed by atoms with E-state index >= 15 is 0 Å². The van der Waals surface area contributed by atoms with E-state index in [-0.39, 0.29) is 0 Å². The van der Waals surface area contributed by atoms with Gasteiger partial charge in [0.25, 0.3) is 0 Å². The van der Waals surface area contributed by atoms with Crippen LogP contribution in [-0.2, 0) is 0 Å². The zero-order valence-corrected chi connectivity index (χ0v) is 12.1. The van der Waals surface area contributed by atoms with Crippen LogP contribution < -0.4 is 0 Å². The number of aromatic nitrogens is 1. The number of nitrogens with zero attached hydrogens (tertiary/aromatic N) is 4. The van der Waals surface area contributed by atoms with Gasteiger partial charge in [0.1, 0.15) is 0 Å². The first-order chi connectivity index (χ1) is 10.8. The number of pyridine rings is 1. The zero-order valence-electron chi connectivity index (χ0n) is 12.1. The van der Waals surface area contributed by atoms with Crippen LogP contribution >= 0.6 is 0 Å². The van der Waals surface area contributed by atoms with Gasteiger partial charge in [0.05, 0.1) is 5.52 Å². The Bertz CT molecular complexity index is 889. The van der Waals surface area contributed by atoms with Gasteiger partial charge in [-0.15, -0.1) is 0 Å². The van der Waals surface area contributed by atoms with Gasteiger partial charge in [0, 0.05) is 22.2 Å². The summed E-state index contributed by atoms with van der Waals surface area (Å²) in [7, 11) is 0. The van der Waals surface area contributed by atoms with Crippen LogP contribution in [0.5, 0.6) is 0 Å². The second kappa shape index (κ2) is 6.12. The molecule has 0 aliphatic rings. The van der Waals surface area contributed by atoms with Gasteiger partial charge >= 0.3 is 0 Å². The second-order valence-electron chi connectivity index (χ2n) is 5.04. The van der Waals surface area contributed by atoms with E-state index in [1.54, 1.807) is 12.1 Å². The SMILES string of the molecule is Cc1ccc2nccc(/C=C/c3ccc(N=[N+]=[N-])cc3)c2c1. The highest BCUT2D eigenvalue weighted by molar-refractivity contribution is 5.90. The first-order valence-electron chi connectivity index (χ1n) is 6.95. The molecule has 0 unspecified atom stereocenters. The predicted molar refractivity (Wildman–Crippen MR) is 90.7 cm³/mol. The number of benzene rings is 2. The molecule has 3 aromatic rings. The van der Waals surface area contributed by atoms with Crippen molar-refractivity contribution in [3.05, 3.63) is 81.9 Å². The van der Waals surface area contributed by atoms with Crippen molar-refractivity contribution >= 4 is 28.7 Å². The van der Waals surface area contributed by atoms with Crippen molar-refractivity contribution in [2.45, 2.75) is 6.92 Å². The van der Waals surface area contributed by atoms with Crippen LogP contribution in [-0.4, -0.2) is 4.98 Å². The van der Waals surface area contributed by atoms with Crippen molar-refractivity contribution in [1.82, 2.24) is 4.98 Å². The summed E-state index contributed by atoms with van der Waals surface area (Å²) in [5.41, 5.74) is 13.4. The van der Waals surface area contributed by atoms with Gasteiger partial charge in [0.2, 0.25) is 0 Å². The van der Waals surface area contributed by atoms with Crippen molar-refractivity contribution in [3.63, 3.8) is 0 Å². The summed E-state index contributed by atoms with van der Waals surface area (Å²) in [5.74, 6) is 0. The van der Waals surface area contributed by atoms with E-state index in [0.29, 0.717) is 5.69 Å². The smallest absolute Gasteiger partial charge is 0.0708 e. The van der Waals surface area contributed by atoms with Gasteiger partial charge in [0.15, 0.2) is 0 Å². The lowest BCUT2D eigenvalue weighted by Crippen LogP contribution is -1.83. The van der Waals surface area contributed by atoms with Crippen LogP contribution in [0.25, 0.3) is 33.5 Å². The maximum atomic E-state index is 8.40. The average molecular weight is 286 g/mol. The van der Waals surface area contributed by atoms with Crippen molar-refractivity contribution in [2.24, 2.45) is 5.11 Å². The van der Waals surface area contributed by atoms with Crippen LogP contribution in [0.1, 0.15) is 16.7 Å². The molecule has 0 saturated carbocycles. The fourth-order valence-corrected chi connectivity index (χ4v) is 2.32. The molecule has 0 radical (unpaired) electrons. The van der Waals surface area contributed by atoms with Gasteiger partial charge in [-0.25, -0.2) is 0 Å². The fraction of sp³-hybridized carbons (Fsp3) is 0.0556. The summed E-state index contributed by atoms with van der Waals surface area (Å²) >= 11 is 0. The van der Waals surface area contributed by atoms with E-state index in [0.717, 1.165) is 22.0 Å². The van der Waals surface area contributed by atoms with E-state index in [1.165, 1.54) is 5.56 Å². The lowest BCUT2D eigenvalue weighted by atomic mass is 10.1. The summed E-state index contributed by atoms with van der Waals surface area (Å²) in [6.45, 7) is 2.08. The van der Waals surface area contributed by atoms with Crippen molar-refractivity contribution < 1.29 is 0 Å². The molecule has 4 heteroatoms. The molecule has 3 rings (SSSR count). The number of hydrogen-bond donors (Lipinski definition) is 0. The maximum Gasteiger partial charge on any atom is 0.0708 e. The topological polar surface area (TPSA) is 61.7 Å². The Morgan fingerprint density at radius 1 is 1.05 bits per heavy atom. The summed E-state index contributed by atoms with van der Waals surface area (Å²) < 4.78 is 0. The van der Waals surface area contributed by atoms with Crippen molar-refractivity contribution in [1.29, 1.82) is 0 Å². The molecule has 0 fully saturated rings. The largest absolute Gasteiger partial charge is 0.256 e. The van der Waals surface area contributed by atoms with E-state index in [2.05, 4.69) is 40.1 Å². The fourth-order valence-electron chi connectivity index (χ4n) is 2.32. The molecule has 0 N–H and O–H groups in total. The standard InChI is InChI=1S/C18H14N4/c1-13-2-9-18-17(12-13)15(10-11-20-18)6-3-14-4-7-16(8-5-14)21-22-19/h2-12H,1H3/b6-3+. The van der Waals surface area contributed by atoms with Crippen LogP contribution in [0, 0.1) is 6.92 Å². The average Bonchev–Trinajstić information content (AvgIpc) is 2.54. The van der Waals surface area contributed by atoms with Crippen LogP contribution in [0.15, 0.2) is 59.8 Å². The van der Waals surface area contributed by atoms with Gasteiger partial charge in [-0.2, -0.15) is 0 Å². The number of aryl methyl sites for hydroxylation is 1. The molecule has 106 valence electrons. The molecule has 0 spiro atoms. The number of hydrogen-bond acceptors (Lipinski definition) is 2. The Kier molecular flexibility index (Phi) is 3.86. The highest BCUT2D eigenvalue weighted by atomic mass is 15.1. The van der Waals surface area contributed by atoms with E-state index < -0.39 is 0 Å². The Morgan fingerprint density at radius 2 is 1.86 bits per heavy atom. The highest BCUT2D eigenvalue weighted by Gasteiger charge is 1.99. The summed E-state index contributed by atoms with van der Waals surface area (Å²) in [6.07, 6.45) is 5.94. The Labute approximate surface area is 128 Å². The van der Waals surface area contributed by atoms with Crippen LogP contribution in [0.4, 0.5) is 5.69 Å². The monoisotopic (exact) mass is 286 g/mol. The minimum absolute atomic E-state index is 0.615. The molecular weight excluding hydrogens is 272 g/mol. The van der Waals surface area contributed by atoms with Crippen molar-refractivity contribution in [3.8, 4) is 0 Å². The van der Waals surface area contributed by atoms with Crippen LogP contribution in [0.3, 0.4) is 0 Å². The summed E-state index contributed by atoms with van der Waals surface area (Å²) in [6, 6.07) is 15.7. The first kappa shape index (κ1) is 13.9. The van der Waals surface area contributed by atoms with Gasteiger partial charge in [-0.1, -0.05) is 53.2 Å². The normalized spacial score (nSPS) is 10.8. The molecule has 0 bridgehead atoms. The third-order valence-corrected chi connectivity index (χ3v) is 3.44. The van der Waals surface area contributed by atoms with Gasteiger partial charge in [-0.3, -0.25) is 4.98 Å². The minimum Gasteiger partial charge on any atom is -0.256 e. The Balaban J connectivity index is 1.95. The maximum absolute atomic E-state index is 8.40. The third kappa shape index (κ3) is 2.97. The highest BCUT2D eigenvalue weighted by Crippen LogP contribution is 2.21. The Morgan fingerprint density at radius 3 is 2.64 bits per heavy atom. The molecular formula is C18H14N4. The molecule has 0 saturated heterocycles. The molecule has 1 aromatic heterocycles. The summed E-state index contributed by atoms with van der Waals surface area (Å²) in [4.78, 5) is 7.16. The zero-order chi connectivity index (χ0) is 15.4. The molecule has 0 amide bonds. The van der Waals surface area contributed by atoms with Gasteiger partial charge < -0.3 is 0 Å². The molecule has 0 aliphatic heterocycles. The minimum atomic E-state index is 0.615. The lowest BCUT2D eigenvalue weighted by Gasteiger charge is -2.03. The predicted octanol–water partition coefficient (Wildman–Crippen LogP) is 5.66. The molecule has 0 atom stereocenters. The first-order valence-corrected chi connectivity index (χ1v) is 6.95. The van der Waals surface area contributed by atoms with Crippen LogP contribution in [0.2, 0.25) is 0 Å². The quantitative estimate of drug-likeness (QED) is 0.348. The van der Waals surface area contributed by atoms with Crippen molar-refractivity contribution in [2.75, 3.05) is 0 Å². The third-order valence-electron chi connectivity index (χ3n) is 3.44. The number of fused-ring (bicyclic) bond motifs is 1. The Hall–Kier alpha value is -3.10. The molecule has 2 aromatic carbocycles. The van der Waals surface area contributed by atoms with E-state index in [9.17, 15) is 0 Å². The number of rotatable bonds is 3. The van der Waals surface area contributed by atoms with Gasteiger partial charge in [-0.05, 0) is 41.8 Å². The molecule has 0 aliphatic carbocycles. The lowest BCUT2D eigenvalue weighted by molar-refractivity contribution is 1.39. The number of azide groups is 1. The summed E-state index contributed by atoms with van der Waals surface area (Å²) in [5, 5.41) is 4.71. The van der Waals surface area contributed by atoms with E-state index in [1.807, 2.05) is 36.5 Å². The van der Waals surface area contributed by atoms with E-state index in [4.69, 9.17) is 5.53 Å². The second-order valence-corrected chi connectivity index (χ2v) is 5.04. The molecule has 22 heavy (non-hydrogen) atoms.